The highest BCUT2D eigenvalue weighted by Crippen LogP contribution is 2.28. The van der Waals surface area contributed by atoms with E-state index in [4.69, 9.17) is 9.84 Å². The third kappa shape index (κ3) is 2.82. The Kier molecular flexibility index (Phi) is 3.85. The number of benzene rings is 1. The molecule has 0 fully saturated rings. The van der Waals surface area contributed by atoms with E-state index in [-0.39, 0.29) is 6.42 Å². The number of aliphatic carboxylic acids is 1. The summed E-state index contributed by atoms with van der Waals surface area (Å²) >= 11 is 1.40. The quantitative estimate of drug-likeness (QED) is 0.783. The van der Waals surface area contributed by atoms with Gasteiger partial charge in [-0.2, -0.15) is 0 Å². The van der Waals surface area contributed by atoms with E-state index in [9.17, 15) is 4.79 Å². The lowest BCUT2D eigenvalue weighted by Gasteiger charge is -2.07. The average molecular weight is 316 g/mol. The standard InChI is InChI=1S/C16H16N2O3S/c1-3-21-11-4-5-13(10(2)6-11)14-9-18-8-12(7-15(19)20)22-16(18)17-14/h4-6,8-9H,3,7H2,1-2H3,(H,19,20). The van der Waals surface area contributed by atoms with Crippen molar-refractivity contribution >= 4 is 22.3 Å². The smallest absolute Gasteiger partial charge is 0.308 e. The Bertz CT molecular complexity index is 804. The van der Waals surface area contributed by atoms with Gasteiger partial charge in [-0.05, 0) is 37.6 Å². The van der Waals surface area contributed by atoms with E-state index in [1.54, 1.807) is 0 Å². The number of thiazole rings is 1. The van der Waals surface area contributed by atoms with Crippen LogP contribution in [0.15, 0.2) is 30.6 Å². The molecule has 2 aromatic heterocycles. The number of rotatable bonds is 5. The van der Waals surface area contributed by atoms with Crippen molar-refractivity contribution in [2.45, 2.75) is 20.3 Å². The third-order valence-electron chi connectivity index (χ3n) is 3.31. The van der Waals surface area contributed by atoms with Crippen molar-refractivity contribution in [3.05, 3.63) is 41.0 Å². The Morgan fingerprint density at radius 3 is 2.86 bits per heavy atom. The van der Waals surface area contributed by atoms with Gasteiger partial charge in [0.1, 0.15) is 5.75 Å². The fourth-order valence-electron chi connectivity index (χ4n) is 2.38. The van der Waals surface area contributed by atoms with Crippen molar-refractivity contribution in [3.63, 3.8) is 0 Å². The van der Waals surface area contributed by atoms with Crippen molar-refractivity contribution in [1.29, 1.82) is 0 Å². The van der Waals surface area contributed by atoms with Gasteiger partial charge < -0.3 is 9.84 Å². The minimum absolute atomic E-state index is 0.0332. The van der Waals surface area contributed by atoms with Crippen molar-refractivity contribution in [2.24, 2.45) is 0 Å². The number of hydrogen-bond donors (Lipinski definition) is 1. The maximum absolute atomic E-state index is 10.8. The van der Waals surface area contributed by atoms with Crippen LogP contribution in [0, 0.1) is 6.92 Å². The third-order valence-corrected chi connectivity index (χ3v) is 4.31. The van der Waals surface area contributed by atoms with Crippen LogP contribution in [0.4, 0.5) is 0 Å². The molecule has 6 heteroatoms. The van der Waals surface area contributed by atoms with Crippen molar-refractivity contribution in [1.82, 2.24) is 9.38 Å². The second-order valence-electron chi connectivity index (χ2n) is 4.99. The SMILES string of the molecule is CCOc1ccc(-c2cn3cc(CC(=O)O)sc3n2)c(C)c1. The first-order valence-corrected chi connectivity index (χ1v) is 7.81. The molecule has 0 spiro atoms. The highest BCUT2D eigenvalue weighted by atomic mass is 32.1. The molecule has 0 amide bonds. The van der Waals surface area contributed by atoms with E-state index in [1.165, 1.54) is 11.3 Å². The summed E-state index contributed by atoms with van der Waals surface area (Å²) < 4.78 is 7.38. The molecule has 3 rings (SSSR count). The number of fused-ring (bicyclic) bond motifs is 1. The van der Waals surface area contributed by atoms with E-state index in [2.05, 4.69) is 4.98 Å². The molecule has 0 aliphatic carbocycles. The second kappa shape index (κ2) is 5.81. The zero-order valence-corrected chi connectivity index (χ0v) is 13.2. The number of hydrogen-bond acceptors (Lipinski definition) is 4. The van der Waals surface area contributed by atoms with Gasteiger partial charge in [-0.15, -0.1) is 11.3 Å². The zero-order valence-electron chi connectivity index (χ0n) is 12.4. The molecule has 0 radical (unpaired) electrons. The van der Waals surface area contributed by atoms with Gasteiger partial charge in [0.05, 0.1) is 18.7 Å². The summed E-state index contributed by atoms with van der Waals surface area (Å²) in [6, 6.07) is 5.95. The summed E-state index contributed by atoms with van der Waals surface area (Å²) in [6.07, 6.45) is 3.79. The Morgan fingerprint density at radius 1 is 1.41 bits per heavy atom. The molecule has 0 aliphatic rings. The van der Waals surface area contributed by atoms with Gasteiger partial charge in [-0.3, -0.25) is 9.20 Å². The lowest BCUT2D eigenvalue weighted by atomic mass is 10.1. The van der Waals surface area contributed by atoms with Crippen LogP contribution in [0.5, 0.6) is 5.75 Å². The maximum Gasteiger partial charge on any atom is 0.308 e. The first kappa shape index (κ1) is 14.6. The van der Waals surface area contributed by atoms with Crippen molar-refractivity contribution < 1.29 is 14.6 Å². The average Bonchev–Trinajstić information content (AvgIpc) is 2.96. The van der Waals surface area contributed by atoms with Gasteiger partial charge >= 0.3 is 5.97 Å². The summed E-state index contributed by atoms with van der Waals surface area (Å²) in [5.41, 5.74) is 3.04. The highest BCUT2D eigenvalue weighted by molar-refractivity contribution is 7.17. The second-order valence-corrected chi connectivity index (χ2v) is 6.09. The van der Waals surface area contributed by atoms with Crippen LogP contribution in [0.1, 0.15) is 17.4 Å². The van der Waals surface area contributed by atoms with Gasteiger partial charge in [-0.25, -0.2) is 4.98 Å². The van der Waals surface area contributed by atoms with E-state index in [0.717, 1.165) is 32.4 Å². The summed E-state index contributed by atoms with van der Waals surface area (Å²) in [7, 11) is 0. The Labute approximate surface area is 131 Å². The Morgan fingerprint density at radius 2 is 2.23 bits per heavy atom. The summed E-state index contributed by atoms with van der Waals surface area (Å²) in [5, 5.41) is 8.83. The summed E-state index contributed by atoms with van der Waals surface area (Å²) in [6.45, 7) is 4.63. The molecule has 0 unspecified atom stereocenters. The maximum atomic E-state index is 10.8. The molecular formula is C16H16N2O3S. The molecule has 22 heavy (non-hydrogen) atoms. The van der Waals surface area contributed by atoms with Crippen molar-refractivity contribution in [2.75, 3.05) is 6.61 Å². The van der Waals surface area contributed by atoms with E-state index >= 15 is 0 Å². The lowest BCUT2D eigenvalue weighted by molar-refractivity contribution is -0.136. The van der Waals surface area contributed by atoms with Crippen LogP contribution in [-0.4, -0.2) is 27.1 Å². The van der Waals surface area contributed by atoms with Gasteiger partial charge in [0.25, 0.3) is 0 Å². The first-order chi connectivity index (χ1) is 10.6. The molecule has 0 saturated heterocycles. The predicted molar refractivity (Wildman–Crippen MR) is 85.8 cm³/mol. The number of imidazole rings is 1. The molecule has 1 N–H and O–H groups in total. The highest BCUT2D eigenvalue weighted by Gasteiger charge is 2.12. The molecule has 5 nitrogen and oxygen atoms in total. The molecule has 114 valence electrons. The van der Waals surface area contributed by atoms with Crippen LogP contribution in [0.3, 0.4) is 0 Å². The van der Waals surface area contributed by atoms with Gasteiger partial charge in [0.15, 0.2) is 4.96 Å². The fraction of sp³-hybridized carbons (Fsp3) is 0.250. The number of carbonyl (C=O) groups is 1. The molecule has 3 aromatic rings. The summed E-state index contributed by atoms with van der Waals surface area (Å²) in [4.78, 5) is 16.9. The largest absolute Gasteiger partial charge is 0.494 e. The number of carboxylic acids is 1. The zero-order chi connectivity index (χ0) is 15.7. The summed E-state index contributed by atoms with van der Waals surface area (Å²) in [5.74, 6) is 0.0283. The topological polar surface area (TPSA) is 63.8 Å². The molecule has 0 saturated carbocycles. The number of aromatic nitrogens is 2. The van der Waals surface area contributed by atoms with E-state index in [1.807, 2.05) is 48.8 Å². The molecule has 0 atom stereocenters. The normalized spacial score (nSPS) is 11.0. The molecular weight excluding hydrogens is 300 g/mol. The fourth-order valence-corrected chi connectivity index (χ4v) is 3.34. The molecule has 0 bridgehead atoms. The van der Waals surface area contributed by atoms with Crippen LogP contribution in [-0.2, 0) is 11.2 Å². The monoisotopic (exact) mass is 316 g/mol. The van der Waals surface area contributed by atoms with Crippen LogP contribution in [0.2, 0.25) is 0 Å². The van der Waals surface area contributed by atoms with Crippen LogP contribution in [0.25, 0.3) is 16.2 Å². The van der Waals surface area contributed by atoms with Gasteiger partial charge in [0, 0.05) is 22.8 Å². The number of ether oxygens (including phenoxy) is 1. The Hall–Kier alpha value is -2.34. The number of carboxylic acid groups (broad SMARTS) is 1. The van der Waals surface area contributed by atoms with Crippen LogP contribution >= 0.6 is 11.3 Å². The van der Waals surface area contributed by atoms with Gasteiger partial charge in [0.2, 0.25) is 0 Å². The number of aryl methyl sites for hydroxylation is 1. The van der Waals surface area contributed by atoms with Crippen LogP contribution < -0.4 is 4.74 Å². The van der Waals surface area contributed by atoms with E-state index in [0.29, 0.717) is 6.61 Å². The number of nitrogens with zero attached hydrogens (tertiary/aromatic N) is 2. The molecule has 0 aliphatic heterocycles. The Balaban J connectivity index is 1.93. The minimum Gasteiger partial charge on any atom is -0.494 e. The first-order valence-electron chi connectivity index (χ1n) is 7.00. The van der Waals surface area contributed by atoms with E-state index < -0.39 is 5.97 Å². The minimum atomic E-state index is -0.827. The van der Waals surface area contributed by atoms with Gasteiger partial charge in [-0.1, -0.05) is 0 Å². The lowest BCUT2D eigenvalue weighted by Crippen LogP contribution is -1.97. The van der Waals surface area contributed by atoms with Crippen molar-refractivity contribution in [3.8, 4) is 17.0 Å². The molecule has 1 aromatic carbocycles. The molecule has 2 heterocycles. The predicted octanol–water partition coefficient (Wildman–Crippen LogP) is 3.40.